The number of carbonyl (C=O) groups is 1. The Labute approximate surface area is 140 Å². The number of likely N-dealkylation sites (tertiary alicyclic amines) is 1. The topological polar surface area (TPSA) is 49.8 Å². The highest BCUT2D eigenvalue weighted by molar-refractivity contribution is 5.95. The third-order valence-electron chi connectivity index (χ3n) is 4.26. The number of methoxy groups -OCH3 is 1. The smallest absolute Gasteiger partial charge is 0.254 e. The summed E-state index contributed by atoms with van der Waals surface area (Å²) >= 11 is 0. The van der Waals surface area contributed by atoms with Gasteiger partial charge in [0.2, 0.25) is 0 Å². The molecule has 0 radical (unpaired) electrons. The zero-order valence-electron chi connectivity index (χ0n) is 13.5. The van der Waals surface area contributed by atoms with E-state index in [2.05, 4.69) is 0 Å². The van der Waals surface area contributed by atoms with Crippen molar-refractivity contribution in [2.75, 3.05) is 13.7 Å². The number of halogens is 1. The first-order chi connectivity index (χ1) is 11.6. The largest absolute Gasteiger partial charge is 0.391 e. The molecule has 3 rings (SSSR count). The third kappa shape index (κ3) is 3.47. The van der Waals surface area contributed by atoms with Crippen molar-refractivity contribution in [2.24, 2.45) is 0 Å². The summed E-state index contributed by atoms with van der Waals surface area (Å²) in [5.41, 5.74) is 2.15. The van der Waals surface area contributed by atoms with E-state index in [1.807, 2.05) is 12.1 Å². The summed E-state index contributed by atoms with van der Waals surface area (Å²) in [6, 6.07) is 13.1. The Morgan fingerprint density at radius 3 is 2.83 bits per heavy atom. The zero-order valence-corrected chi connectivity index (χ0v) is 13.5. The number of ether oxygens (including phenoxy) is 1. The number of aliphatic hydroxyl groups excluding tert-OH is 1. The van der Waals surface area contributed by atoms with E-state index in [4.69, 9.17) is 4.74 Å². The molecule has 0 spiro atoms. The van der Waals surface area contributed by atoms with Gasteiger partial charge >= 0.3 is 0 Å². The first-order valence-corrected chi connectivity index (χ1v) is 7.91. The number of carbonyl (C=O) groups excluding carboxylic acids is 1. The van der Waals surface area contributed by atoms with Gasteiger partial charge < -0.3 is 14.7 Å². The van der Waals surface area contributed by atoms with Crippen LogP contribution in [0.15, 0.2) is 48.5 Å². The van der Waals surface area contributed by atoms with E-state index in [1.54, 1.807) is 36.3 Å². The minimum atomic E-state index is -0.607. The Kier molecular flexibility index (Phi) is 4.92. The Hall–Kier alpha value is -2.24. The average Bonchev–Trinajstić information content (AvgIpc) is 2.97. The summed E-state index contributed by atoms with van der Waals surface area (Å²) < 4.78 is 18.6. The second-order valence-corrected chi connectivity index (χ2v) is 6.05. The molecule has 0 aliphatic carbocycles. The minimum absolute atomic E-state index is 0.168. The summed E-state index contributed by atoms with van der Waals surface area (Å²) in [4.78, 5) is 14.5. The lowest BCUT2D eigenvalue weighted by atomic mass is 10.0. The molecular formula is C19H20FNO3. The van der Waals surface area contributed by atoms with Gasteiger partial charge in [0, 0.05) is 19.2 Å². The first-order valence-electron chi connectivity index (χ1n) is 7.91. The Morgan fingerprint density at radius 1 is 1.29 bits per heavy atom. The summed E-state index contributed by atoms with van der Waals surface area (Å²) in [7, 11) is 1.60. The number of hydrogen-bond acceptors (Lipinski definition) is 3. The van der Waals surface area contributed by atoms with Crippen molar-refractivity contribution in [1.82, 2.24) is 4.90 Å². The van der Waals surface area contributed by atoms with Gasteiger partial charge in [0.15, 0.2) is 0 Å². The van der Waals surface area contributed by atoms with Crippen LogP contribution in [0.5, 0.6) is 0 Å². The van der Waals surface area contributed by atoms with E-state index in [1.165, 1.54) is 12.1 Å². The standard InChI is InChI=1S/C19H20FNO3/c1-24-12-13-4-2-6-15(8-13)19(23)21-11-17(22)10-18(21)14-5-3-7-16(20)9-14/h2-9,17-18,22H,10-12H2,1H3/t17-,18-/m1/s1. The van der Waals surface area contributed by atoms with Crippen LogP contribution in [0, 0.1) is 5.82 Å². The Balaban J connectivity index is 1.88. The van der Waals surface area contributed by atoms with Gasteiger partial charge in [-0.1, -0.05) is 24.3 Å². The Bertz CT molecular complexity index is 734. The molecule has 5 heteroatoms. The normalized spacial score (nSPS) is 20.4. The number of nitrogens with zero attached hydrogens (tertiary/aromatic N) is 1. The fourth-order valence-electron chi connectivity index (χ4n) is 3.19. The lowest BCUT2D eigenvalue weighted by Gasteiger charge is -2.25. The van der Waals surface area contributed by atoms with Crippen LogP contribution in [-0.2, 0) is 11.3 Å². The summed E-state index contributed by atoms with van der Waals surface area (Å²) in [5.74, 6) is -0.512. The second kappa shape index (κ2) is 7.11. The van der Waals surface area contributed by atoms with Crippen molar-refractivity contribution >= 4 is 5.91 Å². The number of aliphatic hydroxyl groups is 1. The second-order valence-electron chi connectivity index (χ2n) is 6.05. The molecule has 1 heterocycles. The molecule has 1 N–H and O–H groups in total. The van der Waals surface area contributed by atoms with E-state index in [9.17, 15) is 14.3 Å². The van der Waals surface area contributed by atoms with Crippen LogP contribution >= 0.6 is 0 Å². The Morgan fingerprint density at radius 2 is 2.08 bits per heavy atom. The molecule has 1 saturated heterocycles. The van der Waals surface area contributed by atoms with Gasteiger partial charge in [0.05, 0.1) is 18.8 Å². The highest BCUT2D eigenvalue weighted by Gasteiger charge is 2.35. The predicted molar refractivity (Wildman–Crippen MR) is 88.0 cm³/mol. The fraction of sp³-hybridized carbons (Fsp3) is 0.316. The molecule has 126 valence electrons. The van der Waals surface area contributed by atoms with Crippen LogP contribution in [0.1, 0.15) is 33.9 Å². The minimum Gasteiger partial charge on any atom is -0.391 e. The predicted octanol–water partition coefficient (Wildman–Crippen LogP) is 2.92. The molecule has 2 aromatic carbocycles. The van der Waals surface area contributed by atoms with Crippen molar-refractivity contribution < 1.29 is 19.0 Å². The number of β-amino-alcohol motifs (C(OH)–C–C–N with tert-alkyl or cyclic N) is 1. The SMILES string of the molecule is COCc1cccc(C(=O)N2C[C@H](O)C[C@@H]2c2cccc(F)c2)c1. The molecule has 2 atom stereocenters. The van der Waals surface area contributed by atoms with Gasteiger partial charge in [-0.25, -0.2) is 4.39 Å². The number of rotatable bonds is 4. The van der Waals surface area contributed by atoms with E-state index in [-0.39, 0.29) is 24.3 Å². The molecular weight excluding hydrogens is 309 g/mol. The molecule has 1 aliphatic heterocycles. The number of amides is 1. The highest BCUT2D eigenvalue weighted by Crippen LogP contribution is 2.33. The summed E-state index contributed by atoms with van der Waals surface area (Å²) in [6.45, 7) is 0.672. The third-order valence-corrected chi connectivity index (χ3v) is 4.26. The molecule has 0 saturated carbocycles. The molecule has 1 aliphatic rings. The number of hydrogen-bond donors (Lipinski definition) is 1. The van der Waals surface area contributed by atoms with Crippen LogP contribution in [0.2, 0.25) is 0 Å². The molecule has 0 bridgehead atoms. The maximum absolute atomic E-state index is 13.5. The van der Waals surface area contributed by atoms with E-state index >= 15 is 0 Å². The van der Waals surface area contributed by atoms with E-state index in [0.29, 0.717) is 24.2 Å². The molecule has 0 unspecified atom stereocenters. The van der Waals surface area contributed by atoms with E-state index in [0.717, 1.165) is 5.56 Å². The lowest BCUT2D eigenvalue weighted by molar-refractivity contribution is 0.0715. The average molecular weight is 329 g/mol. The van der Waals surface area contributed by atoms with Crippen LogP contribution < -0.4 is 0 Å². The summed E-state index contributed by atoms with van der Waals surface area (Å²) in [5, 5.41) is 10.0. The lowest BCUT2D eigenvalue weighted by Crippen LogP contribution is -2.31. The first kappa shape index (κ1) is 16.6. The molecule has 0 aromatic heterocycles. The van der Waals surface area contributed by atoms with Gasteiger partial charge in [0.1, 0.15) is 5.82 Å². The van der Waals surface area contributed by atoms with Crippen molar-refractivity contribution in [3.05, 3.63) is 71.0 Å². The summed E-state index contributed by atoms with van der Waals surface area (Å²) in [6.07, 6.45) is -0.197. The van der Waals surface area contributed by atoms with Crippen LogP contribution in [0.3, 0.4) is 0 Å². The van der Waals surface area contributed by atoms with Crippen molar-refractivity contribution in [3.63, 3.8) is 0 Å². The van der Waals surface area contributed by atoms with Crippen LogP contribution in [0.25, 0.3) is 0 Å². The quantitative estimate of drug-likeness (QED) is 0.938. The van der Waals surface area contributed by atoms with Crippen LogP contribution in [-0.4, -0.2) is 35.7 Å². The van der Waals surface area contributed by atoms with E-state index < -0.39 is 6.10 Å². The van der Waals surface area contributed by atoms with Gasteiger partial charge in [-0.05, 0) is 41.8 Å². The van der Waals surface area contributed by atoms with Crippen LogP contribution in [0.4, 0.5) is 4.39 Å². The van der Waals surface area contributed by atoms with Crippen molar-refractivity contribution in [2.45, 2.75) is 25.2 Å². The highest BCUT2D eigenvalue weighted by atomic mass is 19.1. The van der Waals surface area contributed by atoms with Crippen molar-refractivity contribution in [1.29, 1.82) is 0 Å². The van der Waals surface area contributed by atoms with Gasteiger partial charge in [-0.2, -0.15) is 0 Å². The molecule has 4 nitrogen and oxygen atoms in total. The molecule has 2 aromatic rings. The van der Waals surface area contributed by atoms with Gasteiger partial charge in [0.25, 0.3) is 5.91 Å². The van der Waals surface area contributed by atoms with Gasteiger partial charge in [-0.15, -0.1) is 0 Å². The molecule has 1 amide bonds. The monoisotopic (exact) mass is 329 g/mol. The fourth-order valence-corrected chi connectivity index (χ4v) is 3.19. The zero-order chi connectivity index (χ0) is 17.1. The molecule has 24 heavy (non-hydrogen) atoms. The maximum Gasteiger partial charge on any atom is 0.254 e. The maximum atomic E-state index is 13.5. The van der Waals surface area contributed by atoms with Gasteiger partial charge in [-0.3, -0.25) is 4.79 Å². The molecule has 1 fully saturated rings. The van der Waals surface area contributed by atoms with Crippen molar-refractivity contribution in [3.8, 4) is 0 Å². The number of benzene rings is 2.